The van der Waals surface area contributed by atoms with Crippen molar-refractivity contribution in [3.63, 3.8) is 0 Å². The molecule has 1 N–H and O–H groups in total. The lowest BCUT2D eigenvalue weighted by Gasteiger charge is -2.12. The van der Waals surface area contributed by atoms with E-state index >= 15 is 0 Å². The number of nitrogens with zero attached hydrogens (tertiary/aromatic N) is 1. The summed E-state index contributed by atoms with van der Waals surface area (Å²) in [6.07, 6.45) is 0. The Kier molecular flexibility index (Phi) is 5.11. The molecule has 0 saturated heterocycles. The number of aromatic nitrogens is 1. The van der Waals surface area contributed by atoms with Gasteiger partial charge in [-0.1, -0.05) is 18.2 Å². The number of carbonyl (C=O) groups is 1. The van der Waals surface area contributed by atoms with E-state index in [0.29, 0.717) is 13.2 Å². The van der Waals surface area contributed by atoms with Gasteiger partial charge >= 0.3 is 5.97 Å². The van der Waals surface area contributed by atoms with Crippen LogP contribution in [0.4, 0.5) is 0 Å². The van der Waals surface area contributed by atoms with E-state index in [-0.39, 0.29) is 12.0 Å². The minimum atomic E-state index is -0.361. The van der Waals surface area contributed by atoms with Crippen LogP contribution in [-0.4, -0.2) is 30.7 Å². The van der Waals surface area contributed by atoms with Crippen LogP contribution in [0.2, 0.25) is 0 Å². The largest absolute Gasteiger partial charge is 0.494 e. The molecule has 0 spiro atoms. The van der Waals surface area contributed by atoms with Gasteiger partial charge in [0.25, 0.3) is 0 Å². The van der Waals surface area contributed by atoms with Crippen molar-refractivity contribution in [2.75, 3.05) is 13.7 Å². The average Bonchev–Trinajstić information content (AvgIpc) is 2.51. The molecule has 1 atom stereocenters. The zero-order valence-electron chi connectivity index (χ0n) is 12.6. The third-order valence-electron chi connectivity index (χ3n) is 3.19. The highest BCUT2D eigenvalue weighted by atomic mass is 16.5. The van der Waals surface area contributed by atoms with Gasteiger partial charge in [-0.2, -0.15) is 0 Å². The summed E-state index contributed by atoms with van der Waals surface area (Å²) in [5.74, 6) is 0.490. The predicted octanol–water partition coefficient (Wildman–Crippen LogP) is 2.28. The maximum atomic E-state index is 11.6. The van der Waals surface area contributed by atoms with Gasteiger partial charge in [-0.25, -0.2) is 4.98 Å². The molecule has 0 aliphatic carbocycles. The van der Waals surface area contributed by atoms with Gasteiger partial charge in [0.2, 0.25) is 0 Å². The van der Waals surface area contributed by atoms with E-state index in [1.807, 2.05) is 30.3 Å². The van der Waals surface area contributed by atoms with E-state index in [4.69, 9.17) is 9.47 Å². The van der Waals surface area contributed by atoms with Crippen LogP contribution in [0.5, 0.6) is 5.75 Å². The minimum Gasteiger partial charge on any atom is -0.494 e. The Hall–Kier alpha value is -2.14. The first-order valence-electron chi connectivity index (χ1n) is 6.98. The standard InChI is InChI=1S/C16H20N2O3/c1-4-21-16(19)11(2)17-10-13-9-8-12-6-5-7-14(20-3)15(12)18-13/h5-9,11,17H,4,10H2,1-3H3. The van der Waals surface area contributed by atoms with Crippen molar-refractivity contribution in [3.05, 3.63) is 36.0 Å². The Balaban J connectivity index is 2.11. The second-order valence-electron chi connectivity index (χ2n) is 4.69. The number of fused-ring (bicyclic) bond motifs is 1. The number of carbonyl (C=O) groups excluding carboxylic acids is 1. The quantitative estimate of drug-likeness (QED) is 0.826. The molecule has 0 saturated carbocycles. The van der Waals surface area contributed by atoms with Gasteiger partial charge in [0.15, 0.2) is 0 Å². The first kappa shape index (κ1) is 15.3. The van der Waals surface area contributed by atoms with Gasteiger partial charge in [0, 0.05) is 11.9 Å². The van der Waals surface area contributed by atoms with Crippen molar-refractivity contribution in [3.8, 4) is 5.75 Å². The van der Waals surface area contributed by atoms with Crippen LogP contribution < -0.4 is 10.1 Å². The highest BCUT2D eigenvalue weighted by Gasteiger charge is 2.13. The molecule has 0 radical (unpaired) electrons. The average molecular weight is 288 g/mol. The van der Waals surface area contributed by atoms with Gasteiger partial charge in [-0.3, -0.25) is 10.1 Å². The lowest BCUT2D eigenvalue weighted by Crippen LogP contribution is -2.35. The fourth-order valence-corrected chi connectivity index (χ4v) is 2.03. The molecule has 1 unspecified atom stereocenters. The number of methoxy groups -OCH3 is 1. The van der Waals surface area contributed by atoms with E-state index in [0.717, 1.165) is 22.3 Å². The number of ether oxygens (including phenoxy) is 2. The summed E-state index contributed by atoms with van der Waals surface area (Å²) < 4.78 is 10.3. The van der Waals surface area contributed by atoms with E-state index < -0.39 is 0 Å². The molecule has 0 aliphatic rings. The number of rotatable bonds is 6. The van der Waals surface area contributed by atoms with Crippen LogP contribution in [0.25, 0.3) is 10.9 Å². The van der Waals surface area contributed by atoms with Gasteiger partial charge in [-0.05, 0) is 26.0 Å². The molecule has 0 fully saturated rings. The first-order valence-corrected chi connectivity index (χ1v) is 6.98. The highest BCUT2D eigenvalue weighted by molar-refractivity contribution is 5.84. The summed E-state index contributed by atoms with van der Waals surface area (Å²) in [4.78, 5) is 16.1. The second-order valence-corrected chi connectivity index (χ2v) is 4.69. The summed E-state index contributed by atoms with van der Waals surface area (Å²) in [6.45, 7) is 4.45. The fraction of sp³-hybridized carbons (Fsp3) is 0.375. The van der Waals surface area contributed by atoms with Gasteiger partial charge in [0.1, 0.15) is 17.3 Å². The minimum absolute atomic E-state index is 0.254. The third-order valence-corrected chi connectivity index (χ3v) is 3.19. The van der Waals surface area contributed by atoms with Gasteiger partial charge in [0.05, 0.1) is 19.4 Å². The number of hydrogen-bond acceptors (Lipinski definition) is 5. The SMILES string of the molecule is CCOC(=O)C(C)NCc1ccc2cccc(OC)c2n1. The molecular formula is C16H20N2O3. The van der Waals surface area contributed by atoms with E-state index in [1.54, 1.807) is 21.0 Å². The van der Waals surface area contributed by atoms with E-state index in [1.165, 1.54) is 0 Å². The Morgan fingerprint density at radius 2 is 2.14 bits per heavy atom. The van der Waals surface area contributed by atoms with Crippen LogP contribution in [0.3, 0.4) is 0 Å². The number of hydrogen-bond donors (Lipinski definition) is 1. The van der Waals surface area contributed by atoms with Crippen LogP contribution in [0.15, 0.2) is 30.3 Å². The van der Waals surface area contributed by atoms with Gasteiger partial charge < -0.3 is 9.47 Å². The lowest BCUT2D eigenvalue weighted by atomic mass is 10.2. The topological polar surface area (TPSA) is 60.5 Å². The van der Waals surface area contributed by atoms with Crippen molar-refractivity contribution in [2.24, 2.45) is 0 Å². The van der Waals surface area contributed by atoms with Crippen LogP contribution in [0.1, 0.15) is 19.5 Å². The number of nitrogens with one attached hydrogen (secondary N) is 1. The smallest absolute Gasteiger partial charge is 0.322 e. The molecule has 0 aliphatic heterocycles. The molecule has 5 nitrogen and oxygen atoms in total. The molecule has 1 aromatic heterocycles. The summed E-state index contributed by atoms with van der Waals surface area (Å²) >= 11 is 0. The van der Waals surface area contributed by atoms with Crippen molar-refractivity contribution in [2.45, 2.75) is 26.4 Å². The highest BCUT2D eigenvalue weighted by Crippen LogP contribution is 2.23. The number of esters is 1. The van der Waals surface area contributed by atoms with Crippen molar-refractivity contribution in [1.29, 1.82) is 0 Å². The third kappa shape index (κ3) is 3.70. The molecule has 0 bridgehead atoms. The van der Waals surface area contributed by atoms with Crippen LogP contribution >= 0.6 is 0 Å². The Morgan fingerprint density at radius 1 is 1.33 bits per heavy atom. The van der Waals surface area contributed by atoms with Crippen molar-refractivity contribution in [1.82, 2.24) is 10.3 Å². The zero-order chi connectivity index (χ0) is 15.2. The predicted molar refractivity (Wildman–Crippen MR) is 81.2 cm³/mol. The summed E-state index contributed by atoms with van der Waals surface area (Å²) in [5, 5.41) is 4.13. The molecule has 1 aromatic carbocycles. The normalized spacial score (nSPS) is 12.1. The van der Waals surface area contributed by atoms with Crippen molar-refractivity contribution >= 4 is 16.9 Å². The monoisotopic (exact) mass is 288 g/mol. The summed E-state index contributed by atoms with van der Waals surface area (Å²) in [5.41, 5.74) is 1.67. The molecule has 0 amide bonds. The lowest BCUT2D eigenvalue weighted by molar-refractivity contribution is -0.145. The summed E-state index contributed by atoms with van der Waals surface area (Å²) in [6, 6.07) is 9.38. The fourth-order valence-electron chi connectivity index (χ4n) is 2.03. The Labute approximate surface area is 124 Å². The van der Waals surface area contributed by atoms with Crippen molar-refractivity contribution < 1.29 is 14.3 Å². The summed E-state index contributed by atoms with van der Waals surface area (Å²) in [7, 11) is 1.63. The Morgan fingerprint density at radius 3 is 2.86 bits per heavy atom. The molecule has 21 heavy (non-hydrogen) atoms. The van der Waals surface area contributed by atoms with E-state index in [2.05, 4.69) is 10.3 Å². The van der Waals surface area contributed by atoms with E-state index in [9.17, 15) is 4.79 Å². The molecule has 112 valence electrons. The first-order chi connectivity index (χ1) is 10.2. The number of benzene rings is 1. The second kappa shape index (κ2) is 7.04. The molecular weight excluding hydrogens is 268 g/mol. The van der Waals surface area contributed by atoms with Crippen LogP contribution in [-0.2, 0) is 16.1 Å². The maximum absolute atomic E-state index is 11.6. The molecule has 5 heteroatoms. The molecule has 1 heterocycles. The number of pyridine rings is 1. The molecule has 2 rings (SSSR count). The Bertz CT molecular complexity index is 628. The zero-order valence-corrected chi connectivity index (χ0v) is 12.6. The van der Waals surface area contributed by atoms with Gasteiger partial charge in [-0.15, -0.1) is 0 Å². The maximum Gasteiger partial charge on any atom is 0.322 e. The number of para-hydroxylation sites is 1. The molecule has 2 aromatic rings. The van der Waals surface area contributed by atoms with Crippen LogP contribution in [0, 0.1) is 0 Å².